The summed E-state index contributed by atoms with van der Waals surface area (Å²) in [5.41, 5.74) is 3.31. The van der Waals surface area contributed by atoms with Crippen molar-refractivity contribution in [1.82, 2.24) is 4.72 Å². The topological polar surface area (TPSA) is 75.3 Å². The summed E-state index contributed by atoms with van der Waals surface area (Å²) in [6.07, 6.45) is 4.36. The van der Waals surface area contributed by atoms with Crippen molar-refractivity contribution >= 4 is 44.2 Å². The van der Waals surface area contributed by atoms with E-state index in [1.165, 1.54) is 28.6 Å². The van der Waals surface area contributed by atoms with Gasteiger partial charge in [0.2, 0.25) is 15.9 Å². The summed E-state index contributed by atoms with van der Waals surface area (Å²) in [5, 5.41) is 5.19. The molecule has 1 unspecified atom stereocenters. The second kappa shape index (κ2) is 8.79. The van der Waals surface area contributed by atoms with Gasteiger partial charge in [0, 0.05) is 11.1 Å². The van der Waals surface area contributed by atoms with E-state index in [4.69, 9.17) is 0 Å². The number of carbonyl (C=O) groups excluding carboxylic acids is 1. The first-order valence-electron chi connectivity index (χ1n) is 9.90. The Bertz CT molecular complexity index is 1170. The minimum atomic E-state index is -3.79. The third-order valence-corrected chi connectivity index (χ3v) is 7.54. The molecule has 7 heteroatoms. The fraction of sp³-hybridized carbons (Fsp3) is 0.261. The van der Waals surface area contributed by atoms with Crippen LogP contribution in [0.5, 0.6) is 0 Å². The van der Waals surface area contributed by atoms with Gasteiger partial charge in [-0.2, -0.15) is 16.5 Å². The lowest BCUT2D eigenvalue weighted by molar-refractivity contribution is -0.117. The third-order valence-electron chi connectivity index (χ3n) is 5.41. The highest BCUT2D eigenvalue weighted by molar-refractivity contribution is 7.98. The molecule has 0 radical (unpaired) electrons. The number of carbonyl (C=O) groups is 1. The molecular formula is C23H24N2O3S2. The van der Waals surface area contributed by atoms with Crippen molar-refractivity contribution in [3.05, 3.63) is 71.8 Å². The number of nitrogens with one attached hydrogen (secondary N) is 2. The standard InChI is InChI=1S/C23H24N2O3S2/c1-29-15-14-21(25-30(27,28)18-7-3-2-4-8-18)23(26)24-20-13-12-17-11-10-16-6-5-9-19(20)22(16)17/h2-9,12-13,21,25H,10-11,14-15H2,1H3,(H,24,26). The van der Waals surface area contributed by atoms with Crippen molar-refractivity contribution in [2.24, 2.45) is 0 Å². The number of benzene rings is 3. The van der Waals surface area contributed by atoms with Gasteiger partial charge >= 0.3 is 0 Å². The number of anilines is 1. The van der Waals surface area contributed by atoms with Crippen molar-refractivity contribution in [2.75, 3.05) is 17.3 Å². The van der Waals surface area contributed by atoms with Crippen LogP contribution in [0, 0.1) is 0 Å². The predicted molar refractivity (Wildman–Crippen MR) is 124 cm³/mol. The van der Waals surface area contributed by atoms with Gasteiger partial charge in [0.25, 0.3) is 0 Å². The molecular weight excluding hydrogens is 416 g/mol. The lowest BCUT2D eigenvalue weighted by atomic mass is 10.0. The van der Waals surface area contributed by atoms with Crippen LogP contribution in [0.25, 0.3) is 10.8 Å². The molecule has 0 heterocycles. The van der Waals surface area contributed by atoms with Crippen LogP contribution >= 0.6 is 11.8 Å². The Balaban J connectivity index is 1.60. The first-order chi connectivity index (χ1) is 14.5. The minimum Gasteiger partial charge on any atom is -0.324 e. The molecule has 156 valence electrons. The Hall–Kier alpha value is -2.35. The number of hydrogen-bond acceptors (Lipinski definition) is 4. The molecule has 0 saturated heterocycles. The van der Waals surface area contributed by atoms with Crippen LogP contribution in [-0.4, -0.2) is 32.4 Å². The maximum Gasteiger partial charge on any atom is 0.242 e. The van der Waals surface area contributed by atoms with Gasteiger partial charge in [0.05, 0.1) is 4.90 Å². The highest BCUT2D eigenvalue weighted by Crippen LogP contribution is 2.35. The first kappa shape index (κ1) is 20.9. The number of rotatable bonds is 8. The number of thioether (sulfide) groups is 1. The number of amides is 1. The number of sulfonamides is 1. The minimum absolute atomic E-state index is 0.150. The van der Waals surface area contributed by atoms with E-state index in [0.717, 1.165) is 23.9 Å². The zero-order valence-corrected chi connectivity index (χ0v) is 18.4. The summed E-state index contributed by atoms with van der Waals surface area (Å²) in [6, 6.07) is 17.4. The van der Waals surface area contributed by atoms with Crippen LogP contribution in [0.15, 0.2) is 65.6 Å². The molecule has 3 aromatic rings. The molecule has 0 saturated carbocycles. The van der Waals surface area contributed by atoms with Crippen molar-refractivity contribution in [3.8, 4) is 0 Å². The molecule has 2 N–H and O–H groups in total. The highest BCUT2D eigenvalue weighted by Gasteiger charge is 2.26. The van der Waals surface area contributed by atoms with Gasteiger partial charge in [-0.1, -0.05) is 42.5 Å². The molecule has 0 fully saturated rings. The Morgan fingerprint density at radius 2 is 1.73 bits per heavy atom. The average molecular weight is 441 g/mol. The maximum atomic E-state index is 13.1. The molecule has 1 amide bonds. The summed E-state index contributed by atoms with van der Waals surface area (Å²) in [7, 11) is -3.79. The Morgan fingerprint density at radius 3 is 2.47 bits per heavy atom. The molecule has 1 aliphatic rings. The molecule has 5 nitrogen and oxygen atoms in total. The summed E-state index contributed by atoms with van der Waals surface area (Å²) in [6.45, 7) is 0. The van der Waals surface area contributed by atoms with E-state index in [2.05, 4.69) is 22.2 Å². The summed E-state index contributed by atoms with van der Waals surface area (Å²) in [5.74, 6) is 0.321. The number of aryl methyl sites for hydroxylation is 2. The summed E-state index contributed by atoms with van der Waals surface area (Å²) < 4.78 is 28.1. The Morgan fingerprint density at radius 1 is 1.00 bits per heavy atom. The normalized spacial score (nSPS) is 14.0. The lowest BCUT2D eigenvalue weighted by Gasteiger charge is -2.19. The van der Waals surface area contributed by atoms with Gasteiger partial charge in [-0.15, -0.1) is 0 Å². The van der Waals surface area contributed by atoms with Gasteiger partial charge < -0.3 is 5.32 Å². The fourth-order valence-corrected chi connectivity index (χ4v) is 5.63. The van der Waals surface area contributed by atoms with Gasteiger partial charge in [-0.25, -0.2) is 8.42 Å². The molecule has 0 aromatic heterocycles. The Labute approximate surface area is 181 Å². The van der Waals surface area contributed by atoms with Gasteiger partial charge in [0.1, 0.15) is 6.04 Å². The molecule has 4 rings (SSSR count). The lowest BCUT2D eigenvalue weighted by Crippen LogP contribution is -2.44. The van der Waals surface area contributed by atoms with E-state index < -0.39 is 16.1 Å². The van der Waals surface area contributed by atoms with E-state index in [1.807, 2.05) is 24.5 Å². The SMILES string of the molecule is CSCCC(NS(=O)(=O)c1ccccc1)C(=O)Nc1ccc2c3c(cccc13)CC2. The second-order valence-electron chi connectivity index (χ2n) is 7.37. The highest BCUT2D eigenvalue weighted by atomic mass is 32.2. The van der Waals surface area contributed by atoms with Crippen LogP contribution in [-0.2, 0) is 27.7 Å². The van der Waals surface area contributed by atoms with E-state index in [1.54, 1.807) is 30.0 Å². The van der Waals surface area contributed by atoms with Crippen molar-refractivity contribution in [2.45, 2.75) is 30.2 Å². The largest absolute Gasteiger partial charge is 0.324 e. The molecule has 1 atom stereocenters. The molecule has 30 heavy (non-hydrogen) atoms. The van der Waals surface area contributed by atoms with Crippen LogP contribution in [0.4, 0.5) is 5.69 Å². The van der Waals surface area contributed by atoms with Crippen molar-refractivity contribution in [1.29, 1.82) is 0 Å². The second-order valence-corrected chi connectivity index (χ2v) is 10.1. The van der Waals surface area contributed by atoms with E-state index >= 15 is 0 Å². The third kappa shape index (κ3) is 4.24. The summed E-state index contributed by atoms with van der Waals surface area (Å²) in [4.78, 5) is 13.3. The van der Waals surface area contributed by atoms with Crippen molar-refractivity contribution < 1.29 is 13.2 Å². The maximum absolute atomic E-state index is 13.1. The molecule has 0 bridgehead atoms. The average Bonchev–Trinajstić information content (AvgIpc) is 3.18. The van der Waals surface area contributed by atoms with Gasteiger partial charge in [0.15, 0.2) is 0 Å². The van der Waals surface area contributed by atoms with E-state index in [9.17, 15) is 13.2 Å². The fourth-order valence-electron chi connectivity index (χ4n) is 3.91. The van der Waals surface area contributed by atoms with E-state index in [-0.39, 0.29) is 10.8 Å². The smallest absolute Gasteiger partial charge is 0.242 e. The quantitative estimate of drug-likeness (QED) is 0.556. The van der Waals surface area contributed by atoms with Gasteiger partial charge in [-0.05, 0) is 66.0 Å². The molecule has 1 aliphatic carbocycles. The van der Waals surface area contributed by atoms with Crippen molar-refractivity contribution in [3.63, 3.8) is 0 Å². The first-order valence-corrected chi connectivity index (χ1v) is 12.8. The molecule has 0 spiro atoms. The monoisotopic (exact) mass is 440 g/mol. The van der Waals surface area contributed by atoms with E-state index in [0.29, 0.717) is 12.2 Å². The van der Waals surface area contributed by atoms with Crippen LogP contribution < -0.4 is 10.0 Å². The molecule has 0 aliphatic heterocycles. The van der Waals surface area contributed by atoms with Crippen LogP contribution in [0.2, 0.25) is 0 Å². The zero-order valence-electron chi connectivity index (χ0n) is 16.7. The van der Waals surface area contributed by atoms with Gasteiger partial charge in [-0.3, -0.25) is 4.79 Å². The number of hydrogen-bond donors (Lipinski definition) is 2. The predicted octanol–water partition coefficient (Wildman–Crippen LogP) is 3.98. The van der Waals surface area contributed by atoms with Crippen LogP contribution in [0.1, 0.15) is 17.5 Å². The summed E-state index contributed by atoms with van der Waals surface area (Å²) >= 11 is 1.58. The molecule has 3 aromatic carbocycles. The Kier molecular flexibility index (Phi) is 6.13. The zero-order chi connectivity index (χ0) is 21.1. The van der Waals surface area contributed by atoms with Crippen LogP contribution in [0.3, 0.4) is 0 Å².